The summed E-state index contributed by atoms with van der Waals surface area (Å²) in [7, 11) is 0. The first-order valence-electron chi connectivity index (χ1n) is 7.41. The zero-order chi connectivity index (χ0) is 14.9. The maximum atomic E-state index is 12.4. The molecule has 4 rings (SSSR count). The number of hydrogen-bond donors (Lipinski definition) is 1. The molecule has 1 aromatic heterocycles. The van der Waals surface area contributed by atoms with Crippen molar-refractivity contribution >= 4 is 11.8 Å². The Balaban J connectivity index is 1.89. The molecule has 3 aromatic rings. The van der Waals surface area contributed by atoms with Gasteiger partial charge in [-0.05, 0) is 18.1 Å². The molecule has 0 atom stereocenters. The average Bonchev–Trinajstić information content (AvgIpc) is 2.74. The summed E-state index contributed by atoms with van der Waals surface area (Å²) >= 11 is 1.86. The number of aryl methyl sites for hydroxylation is 1. The van der Waals surface area contributed by atoms with E-state index in [9.17, 15) is 4.79 Å². The van der Waals surface area contributed by atoms with Crippen LogP contribution in [0.2, 0.25) is 0 Å². The number of fused-ring (bicyclic) bond motifs is 3. The van der Waals surface area contributed by atoms with Gasteiger partial charge in [0.05, 0.1) is 12.2 Å². The minimum Gasteiger partial charge on any atom is -0.309 e. The smallest absolute Gasteiger partial charge is 0.309 e. The van der Waals surface area contributed by atoms with Crippen molar-refractivity contribution in [3.05, 3.63) is 76.3 Å². The van der Waals surface area contributed by atoms with Gasteiger partial charge in [-0.1, -0.05) is 48.5 Å². The van der Waals surface area contributed by atoms with Gasteiger partial charge in [0.25, 0.3) is 0 Å². The van der Waals surface area contributed by atoms with Crippen molar-refractivity contribution in [3.63, 3.8) is 0 Å². The second-order valence-corrected chi connectivity index (χ2v) is 6.56. The van der Waals surface area contributed by atoms with Crippen LogP contribution in [-0.4, -0.2) is 15.3 Å². The second kappa shape index (κ2) is 5.54. The third-order valence-corrected chi connectivity index (χ3v) is 5.07. The summed E-state index contributed by atoms with van der Waals surface area (Å²) in [5.41, 5.74) is 4.39. The van der Waals surface area contributed by atoms with Gasteiger partial charge in [-0.15, -0.1) is 11.8 Å². The summed E-state index contributed by atoms with van der Waals surface area (Å²) < 4.78 is 1.87. The largest absolute Gasteiger partial charge is 0.326 e. The van der Waals surface area contributed by atoms with Gasteiger partial charge >= 0.3 is 5.69 Å². The number of imidazole rings is 1. The Morgan fingerprint density at radius 2 is 1.82 bits per heavy atom. The van der Waals surface area contributed by atoms with Gasteiger partial charge in [0, 0.05) is 21.9 Å². The van der Waals surface area contributed by atoms with E-state index in [-0.39, 0.29) is 5.69 Å². The third-order valence-electron chi connectivity index (χ3n) is 3.99. The first kappa shape index (κ1) is 13.5. The fourth-order valence-corrected chi connectivity index (χ4v) is 4.00. The highest BCUT2D eigenvalue weighted by atomic mass is 32.2. The van der Waals surface area contributed by atoms with Gasteiger partial charge in [0.2, 0.25) is 0 Å². The summed E-state index contributed by atoms with van der Waals surface area (Å²) in [5.74, 6) is 0.995. The molecule has 0 amide bonds. The fourth-order valence-electron chi connectivity index (χ4n) is 2.98. The van der Waals surface area contributed by atoms with Gasteiger partial charge < -0.3 is 4.98 Å². The van der Waals surface area contributed by atoms with E-state index >= 15 is 0 Å². The third kappa shape index (κ3) is 2.29. The van der Waals surface area contributed by atoms with E-state index in [0.29, 0.717) is 6.54 Å². The van der Waals surface area contributed by atoms with E-state index in [0.717, 1.165) is 34.7 Å². The van der Waals surface area contributed by atoms with E-state index in [1.165, 1.54) is 4.90 Å². The Bertz CT molecular complexity index is 864. The number of rotatable bonds is 2. The molecule has 0 radical (unpaired) electrons. The number of benzene rings is 2. The molecule has 0 saturated heterocycles. The summed E-state index contributed by atoms with van der Waals surface area (Å²) in [4.78, 5) is 16.7. The van der Waals surface area contributed by atoms with Crippen molar-refractivity contribution in [1.29, 1.82) is 0 Å². The fraction of sp³-hybridized carbons (Fsp3) is 0.167. The van der Waals surface area contributed by atoms with E-state index in [1.54, 1.807) is 0 Å². The molecule has 0 spiro atoms. The molecule has 2 heterocycles. The lowest BCUT2D eigenvalue weighted by molar-refractivity contribution is 0.768. The SMILES string of the molecule is O=c1[nH]c2c(n1Cc1ccccc1)-c1ccccc1SCC2. The lowest BCUT2D eigenvalue weighted by atomic mass is 10.1. The molecular weight excluding hydrogens is 292 g/mol. The van der Waals surface area contributed by atoms with Crippen molar-refractivity contribution in [2.24, 2.45) is 0 Å². The van der Waals surface area contributed by atoms with Crippen LogP contribution in [0.25, 0.3) is 11.3 Å². The van der Waals surface area contributed by atoms with Crippen LogP contribution in [0.4, 0.5) is 0 Å². The van der Waals surface area contributed by atoms with Crippen LogP contribution in [0.3, 0.4) is 0 Å². The summed E-state index contributed by atoms with van der Waals surface area (Å²) in [5, 5.41) is 0. The maximum Gasteiger partial charge on any atom is 0.326 e. The summed E-state index contributed by atoms with van der Waals surface area (Å²) in [6, 6.07) is 18.5. The quantitative estimate of drug-likeness (QED) is 0.786. The normalized spacial score (nSPS) is 13.3. The number of nitrogens with one attached hydrogen (secondary N) is 1. The van der Waals surface area contributed by atoms with Crippen LogP contribution in [-0.2, 0) is 13.0 Å². The topological polar surface area (TPSA) is 37.8 Å². The van der Waals surface area contributed by atoms with Crippen LogP contribution in [0, 0.1) is 0 Å². The number of H-pyrrole nitrogens is 1. The molecule has 0 saturated carbocycles. The molecule has 110 valence electrons. The molecular formula is C18H16N2OS. The Labute approximate surface area is 133 Å². The van der Waals surface area contributed by atoms with E-state index in [4.69, 9.17) is 0 Å². The van der Waals surface area contributed by atoms with Crippen LogP contribution in [0.15, 0.2) is 64.3 Å². The monoisotopic (exact) mass is 308 g/mol. The van der Waals surface area contributed by atoms with Crippen LogP contribution < -0.4 is 5.69 Å². The minimum atomic E-state index is -0.0180. The number of aromatic nitrogens is 2. The van der Waals surface area contributed by atoms with E-state index in [2.05, 4.69) is 35.3 Å². The number of thioether (sulfide) groups is 1. The molecule has 2 aromatic carbocycles. The first-order valence-corrected chi connectivity index (χ1v) is 8.39. The summed E-state index contributed by atoms with van der Waals surface area (Å²) in [6.45, 7) is 0.602. The van der Waals surface area contributed by atoms with Gasteiger partial charge in [-0.25, -0.2) is 4.79 Å². The lowest BCUT2D eigenvalue weighted by Gasteiger charge is -2.10. The minimum absolute atomic E-state index is 0.0180. The Morgan fingerprint density at radius 3 is 2.68 bits per heavy atom. The highest BCUT2D eigenvalue weighted by Crippen LogP contribution is 2.36. The Hall–Kier alpha value is -2.20. The molecule has 0 fully saturated rings. The maximum absolute atomic E-state index is 12.4. The number of hydrogen-bond acceptors (Lipinski definition) is 2. The van der Waals surface area contributed by atoms with Crippen molar-refractivity contribution in [2.45, 2.75) is 17.9 Å². The van der Waals surface area contributed by atoms with Gasteiger partial charge in [-0.2, -0.15) is 0 Å². The van der Waals surface area contributed by atoms with Gasteiger partial charge in [-0.3, -0.25) is 4.57 Å². The zero-order valence-electron chi connectivity index (χ0n) is 12.1. The molecule has 1 N–H and O–H groups in total. The molecule has 22 heavy (non-hydrogen) atoms. The highest BCUT2D eigenvalue weighted by Gasteiger charge is 2.21. The van der Waals surface area contributed by atoms with E-state index < -0.39 is 0 Å². The van der Waals surface area contributed by atoms with E-state index in [1.807, 2.05) is 40.6 Å². The lowest BCUT2D eigenvalue weighted by Crippen LogP contribution is -2.18. The number of aromatic amines is 1. The molecule has 0 aliphatic carbocycles. The average molecular weight is 308 g/mol. The van der Waals surface area contributed by atoms with Gasteiger partial charge in [0.15, 0.2) is 0 Å². The molecule has 3 nitrogen and oxygen atoms in total. The van der Waals surface area contributed by atoms with Crippen molar-refractivity contribution in [2.75, 3.05) is 5.75 Å². The molecule has 0 unspecified atom stereocenters. The second-order valence-electron chi connectivity index (χ2n) is 5.42. The highest BCUT2D eigenvalue weighted by molar-refractivity contribution is 7.99. The molecule has 1 aliphatic heterocycles. The van der Waals surface area contributed by atoms with Crippen molar-refractivity contribution in [1.82, 2.24) is 9.55 Å². The molecule has 0 bridgehead atoms. The van der Waals surface area contributed by atoms with Crippen LogP contribution in [0.5, 0.6) is 0 Å². The molecule has 4 heteroatoms. The molecule has 1 aliphatic rings. The predicted octanol–water partition coefficient (Wildman–Crippen LogP) is 3.54. The van der Waals surface area contributed by atoms with Gasteiger partial charge in [0.1, 0.15) is 0 Å². The van der Waals surface area contributed by atoms with Crippen molar-refractivity contribution in [3.8, 4) is 11.3 Å². The predicted molar refractivity (Wildman–Crippen MR) is 90.5 cm³/mol. The first-order chi connectivity index (χ1) is 10.8. The number of nitrogens with zero attached hydrogens (tertiary/aromatic N) is 1. The standard InChI is InChI=1S/C18H16N2OS/c21-18-19-15-10-11-22-16-9-5-4-8-14(16)17(15)20(18)12-13-6-2-1-3-7-13/h1-9H,10-12H2,(H,19,21). The Kier molecular flexibility index (Phi) is 3.39. The van der Waals surface area contributed by atoms with Crippen molar-refractivity contribution < 1.29 is 0 Å². The Morgan fingerprint density at radius 1 is 1.05 bits per heavy atom. The zero-order valence-corrected chi connectivity index (χ0v) is 12.9. The van der Waals surface area contributed by atoms with Crippen LogP contribution >= 0.6 is 11.8 Å². The summed E-state index contributed by atoms with van der Waals surface area (Å²) in [6.07, 6.45) is 0.895. The van der Waals surface area contributed by atoms with Crippen LogP contribution in [0.1, 0.15) is 11.3 Å².